The van der Waals surface area contributed by atoms with Crippen LogP contribution in [0.15, 0.2) is 23.3 Å². The number of nitrogens with zero attached hydrogens (tertiary/aromatic N) is 5. The number of halogens is 1. The molecule has 0 spiro atoms. The van der Waals surface area contributed by atoms with Crippen molar-refractivity contribution in [3.8, 4) is 0 Å². The Morgan fingerprint density at radius 2 is 1.78 bits per heavy atom. The Bertz CT molecular complexity index is 595. The summed E-state index contributed by atoms with van der Waals surface area (Å²) >= 11 is 0. The van der Waals surface area contributed by atoms with Gasteiger partial charge in [-0.3, -0.25) is 4.79 Å². The Kier molecular flexibility index (Phi) is 10.4. The third-order valence-corrected chi connectivity index (χ3v) is 4.67. The van der Waals surface area contributed by atoms with E-state index < -0.39 is 0 Å². The average Bonchev–Trinajstić information content (AvgIpc) is 2.67. The molecule has 1 saturated heterocycles. The number of guanidine groups is 1. The molecule has 0 bridgehead atoms. The van der Waals surface area contributed by atoms with Gasteiger partial charge in [-0.15, -0.1) is 24.0 Å². The zero-order valence-corrected chi connectivity index (χ0v) is 19.3. The molecule has 7 nitrogen and oxygen atoms in total. The van der Waals surface area contributed by atoms with Gasteiger partial charge in [0.15, 0.2) is 5.96 Å². The molecule has 1 aliphatic heterocycles. The number of pyridine rings is 1. The fourth-order valence-corrected chi connectivity index (χ4v) is 3.07. The van der Waals surface area contributed by atoms with Crippen LogP contribution in [-0.2, 0) is 11.3 Å². The Morgan fingerprint density at radius 3 is 2.26 bits per heavy atom. The Balaban J connectivity index is 0.00000364. The number of hydrogen-bond donors (Lipinski definition) is 1. The van der Waals surface area contributed by atoms with Crippen LogP contribution < -0.4 is 10.2 Å². The van der Waals surface area contributed by atoms with Gasteiger partial charge in [-0.2, -0.15) is 0 Å². The number of carbonyl (C=O) groups excluding carboxylic acids is 1. The van der Waals surface area contributed by atoms with Crippen LogP contribution in [0.1, 0.15) is 33.3 Å². The second kappa shape index (κ2) is 12.0. The fourth-order valence-electron chi connectivity index (χ4n) is 3.07. The molecule has 2 rings (SSSR count). The summed E-state index contributed by atoms with van der Waals surface area (Å²) in [5, 5.41) is 3.36. The quantitative estimate of drug-likeness (QED) is 0.378. The van der Waals surface area contributed by atoms with Crippen LogP contribution in [0, 0.1) is 0 Å². The van der Waals surface area contributed by atoms with E-state index in [1.54, 1.807) is 6.92 Å². The van der Waals surface area contributed by atoms with Crippen molar-refractivity contribution in [3.63, 3.8) is 0 Å². The highest BCUT2D eigenvalue weighted by molar-refractivity contribution is 14.0. The normalized spacial score (nSPS) is 14.6. The molecule has 2 heterocycles. The number of nitrogens with one attached hydrogen (secondary N) is 1. The van der Waals surface area contributed by atoms with E-state index in [1.807, 2.05) is 11.1 Å². The van der Waals surface area contributed by atoms with Gasteiger partial charge in [0.05, 0.1) is 6.54 Å². The highest BCUT2D eigenvalue weighted by Gasteiger charge is 2.20. The summed E-state index contributed by atoms with van der Waals surface area (Å²) < 4.78 is 0. The van der Waals surface area contributed by atoms with Crippen molar-refractivity contribution in [3.05, 3.63) is 23.9 Å². The molecule has 27 heavy (non-hydrogen) atoms. The molecular formula is C19H33IN6O. The Hall–Kier alpha value is -1.58. The van der Waals surface area contributed by atoms with Crippen LogP contribution in [0.2, 0.25) is 0 Å². The number of carbonyl (C=O) groups is 1. The third kappa shape index (κ3) is 6.82. The summed E-state index contributed by atoms with van der Waals surface area (Å²) in [4.78, 5) is 27.1. The average molecular weight is 488 g/mol. The maximum Gasteiger partial charge on any atom is 0.219 e. The van der Waals surface area contributed by atoms with E-state index in [0.717, 1.165) is 63.2 Å². The fraction of sp³-hybridized carbons (Fsp3) is 0.632. The van der Waals surface area contributed by atoms with E-state index in [-0.39, 0.29) is 29.9 Å². The van der Waals surface area contributed by atoms with Crippen molar-refractivity contribution in [1.82, 2.24) is 20.1 Å². The van der Waals surface area contributed by atoms with Crippen molar-refractivity contribution in [2.24, 2.45) is 4.99 Å². The van der Waals surface area contributed by atoms with Crippen LogP contribution in [0.25, 0.3) is 0 Å². The SMILES string of the molecule is CCNC(=NCc1ccc(N(CC)CC)nc1)N1CCN(C(C)=O)CC1.I. The molecule has 0 aliphatic carbocycles. The van der Waals surface area contributed by atoms with Gasteiger partial charge in [-0.05, 0) is 32.4 Å². The number of anilines is 1. The molecule has 1 N–H and O–H groups in total. The zero-order valence-electron chi connectivity index (χ0n) is 16.9. The summed E-state index contributed by atoms with van der Waals surface area (Å²) in [6.07, 6.45) is 1.91. The van der Waals surface area contributed by atoms with Crippen molar-refractivity contribution in [2.45, 2.75) is 34.2 Å². The van der Waals surface area contributed by atoms with Gasteiger partial charge in [-0.25, -0.2) is 9.98 Å². The van der Waals surface area contributed by atoms with Crippen LogP contribution in [0.4, 0.5) is 5.82 Å². The van der Waals surface area contributed by atoms with Gasteiger partial charge in [0, 0.05) is 58.9 Å². The molecule has 152 valence electrons. The summed E-state index contributed by atoms with van der Waals surface area (Å²) in [6.45, 7) is 14.4. The molecule has 0 unspecified atom stereocenters. The minimum atomic E-state index is 0. The molecule has 1 aromatic heterocycles. The van der Waals surface area contributed by atoms with Crippen LogP contribution in [0.3, 0.4) is 0 Å². The van der Waals surface area contributed by atoms with Gasteiger partial charge < -0.3 is 20.0 Å². The molecule has 1 amide bonds. The van der Waals surface area contributed by atoms with E-state index in [1.165, 1.54) is 0 Å². The predicted octanol–water partition coefficient (Wildman–Crippen LogP) is 2.18. The second-order valence-electron chi connectivity index (χ2n) is 6.36. The third-order valence-electron chi connectivity index (χ3n) is 4.67. The lowest BCUT2D eigenvalue weighted by atomic mass is 10.2. The summed E-state index contributed by atoms with van der Waals surface area (Å²) in [5.74, 6) is 2.06. The summed E-state index contributed by atoms with van der Waals surface area (Å²) in [7, 11) is 0. The molecule has 1 aromatic rings. The van der Waals surface area contributed by atoms with Gasteiger partial charge in [-0.1, -0.05) is 6.07 Å². The lowest BCUT2D eigenvalue weighted by Gasteiger charge is -2.36. The largest absolute Gasteiger partial charge is 0.357 e. The lowest BCUT2D eigenvalue weighted by Crippen LogP contribution is -2.53. The van der Waals surface area contributed by atoms with Gasteiger partial charge in [0.2, 0.25) is 5.91 Å². The number of hydrogen-bond acceptors (Lipinski definition) is 4. The van der Waals surface area contributed by atoms with Crippen LogP contribution in [0.5, 0.6) is 0 Å². The molecule has 8 heteroatoms. The Labute approximate surface area is 180 Å². The predicted molar refractivity (Wildman–Crippen MR) is 122 cm³/mol. The monoisotopic (exact) mass is 488 g/mol. The van der Waals surface area contributed by atoms with Crippen molar-refractivity contribution >= 4 is 41.7 Å². The van der Waals surface area contributed by atoms with E-state index in [0.29, 0.717) is 6.54 Å². The number of piperazine rings is 1. The molecule has 0 atom stereocenters. The van der Waals surface area contributed by atoms with Crippen LogP contribution in [-0.4, -0.2) is 72.5 Å². The number of aliphatic imine (C=N–C) groups is 1. The van der Waals surface area contributed by atoms with Crippen molar-refractivity contribution in [1.29, 1.82) is 0 Å². The standard InChI is InChI=1S/C19H32N6O.HI/c1-5-20-19(25-12-10-24(11-13-25)16(4)26)22-15-17-8-9-18(21-14-17)23(6-2)7-3;/h8-9,14H,5-7,10-13,15H2,1-4H3,(H,20,22);1H. The first-order chi connectivity index (χ1) is 12.6. The summed E-state index contributed by atoms with van der Waals surface area (Å²) in [5.41, 5.74) is 1.10. The first-order valence-corrected chi connectivity index (χ1v) is 9.57. The first-order valence-electron chi connectivity index (χ1n) is 9.57. The van der Waals surface area contributed by atoms with Gasteiger partial charge >= 0.3 is 0 Å². The molecular weight excluding hydrogens is 455 g/mol. The molecule has 0 radical (unpaired) electrons. The first kappa shape index (κ1) is 23.5. The van der Waals surface area contributed by atoms with Crippen molar-refractivity contribution < 1.29 is 4.79 Å². The highest BCUT2D eigenvalue weighted by Crippen LogP contribution is 2.12. The minimum absolute atomic E-state index is 0. The second-order valence-corrected chi connectivity index (χ2v) is 6.36. The van der Waals surface area contributed by atoms with Crippen molar-refractivity contribution in [2.75, 3.05) is 50.7 Å². The minimum Gasteiger partial charge on any atom is -0.357 e. The summed E-state index contributed by atoms with van der Waals surface area (Å²) in [6, 6.07) is 4.16. The maximum absolute atomic E-state index is 11.5. The number of aromatic nitrogens is 1. The molecule has 1 aliphatic rings. The molecule has 0 aromatic carbocycles. The van der Waals surface area contributed by atoms with Crippen LogP contribution >= 0.6 is 24.0 Å². The van der Waals surface area contributed by atoms with Gasteiger partial charge in [0.25, 0.3) is 0 Å². The number of amides is 1. The smallest absolute Gasteiger partial charge is 0.219 e. The highest BCUT2D eigenvalue weighted by atomic mass is 127. The molecule has 1 fully saturated rings. The molecule has 0 saturated carbocycles. The number of rotatable bonds is 6. The van der Waals surface area contributed by atoms with E-state index in [2.05, 4.69) is 53.0 Å². The zero-order chi connectivity index (χ0) is 18.9. The topological polar surface area (TPSA) is 64.1 Å². The maximum atomic E-state index is 11.5. The Morgan fingerprint density at radius 1 is 1.15 bits per heavy atom. The van der Waals surface area contributed by atoms with E-state index >= 15 is 0 Å². The van der Waals surface area contributed by atoms with E-state index in [9.17, 15) is 4.79 Å². The lowest BCUT2D eigenvalue weighted by molar-refractivity contribution is -0.130. The van der Waals surface area contributed by atoms with E-state index in [4.69, 9.17) is 4.99 Å². The van der Waals surface area contributed by atoms with Gasteiger partial charge in [0.1, 0.15) is 5.82 Å².